The smallest absolute Gasteiger partial charge is 0.303 e. The highest BCUT2D eigenvalue weighted by Crippen LogP contribution is 2.31. The summed E-state index contributed by atoms with van der Waals surface area (Å²) < 4.78 is 0. The van der Waals surface area contributed by atoms with Gasteiger partial charge in [0.05, 0.1) is 13.0 Å². The molecule has 0 aliphatic heterocycles. The van der Waals surface area contributed by atoms with Crippen molar-refractivity contribution in [2.45, 2.75) is 19.4 Å². The number of carbonyl (C=O) groups is 2. The number of rotatable bonds is 6. The van der Waals surface area contributed by atoms with Gasteiger partial charge in [0.1, 0.15) is 0 Å². The fourth-order valence-electron chi connectivity index (χ4n) is 1.52. The molecular weight excluding hydrogens is 282 g/mol. The standard InChI is InChI=1S/C13H13NO3S2/c15-12(5-6-13(16)17)14-8-9-3-4-11(19-9)10-2-1-7-18-10/h1-4,7H,5-6,8H2,(H,14,15)(H,16,17). The van der Waals surface area contributed by atoms with E-state index in [-0.39, 0.29) is 18.7 Å². The van der Waals surface area contributed by atoms with Crippen LogP contribution in [0.3, 0.4) is 0 Å². The summed E-state index contributed by atoms with van der Waals surface area (Å²) in [5, 5.41) is 13.2. The summed E-state index contributed by atoms with van der Waals surface area (Å²) in [7, 11) is 0. The number of hydrogen-bond donors (Lipinski definition) is 2. The lowest BCUT2D eigenvalue weighted by atomic mass is 10.3. The predicted octanol–water partition coefficient (Wildman–Crippen LogP) is 2.96. The van der Waals surface area contributed by atoms with Crippen LogP contribution in [-0.4, -0.2) is 17.0 Å². The first kappa shape index (κ1) is 13.8. The maximum Gasteiger partial charge on any atom is 0.303 e. The largest absolute Gasteiger partial charge is 0.481 e. The monoisotopic (exact) mass is 295 g/mol. The first-order chi connectivity index (χ1) is 9.15. The van der Waals surface area contributed by atoms with Crippen molar-refractivity contribution in [2.75, 3.05) is 0 Å². The average Bonchev–Trinajstić information content (AvgIpc) is 3.03. The molecule has 4 nitrogen and oxygen atoms in total. The summed E-state index contributed by atoms with van der Waals surface area (Å²) in [4.78, 5) is 25.2. The number of thiophene rings is 2. The fraction of sp³-hybridized carbons (Fsp3) is 0.231. The molecule has 2 heterocycles. The van der Waals surface area contributed by atoms with Gasteiger partial charge in [-0.05, 0) is 23.6 Å². The number of carbonyl (C=O) groups excluding carboxylic acids is 1. The van der Waals surface area contributed by atoms with E-state index in [0.29, 0.717) is 6.54 Å². The van der Waals surface area contributed by atoms with Crippen molar-refractivity contribution >= 4 is 34.6 Å². The van der Waals surface area contributed by atoms with Crippen molar-refractivity contribution in [2.24, 2.45) is 0 Å². The number of nitrogens with one attached hydrogen (secondary N) is 1. The lowest BCUT2D eigenvalue weighted by Crippen LogP contribution is -2.22. The van der Waals surface area contributed by atoms with Crippen LogP contribution in [0.15, 0.2) is 29.6 Å². The van der Waals surface area contributed by atoms with E-state index in [0.717, 1.165) is 4.88 Å². The second kappa shape index (κ2) is 6.49. The van der Waals surface area contributed by atoms with Gasteiger partial charge in [-0.2, -0.15) is 0 Å². The Labute approximate surface area is 118 Å². The molecule has 0 aliphatic rings. The van der Waals surface area contributed by atoms with E-state index in [1.807, 2.05) is 23.6 Å². The van der Waals surface area contributed by atoms with Gasteiger partial charge in [0, 0.05) is 21.1 Å². The van der Waals surface area contributed by atoms with Gasteiger partial charge in [0.25, 0.3) is 0 Å². The predicted molar refractivity (Wildman–Crippen MR) is 76.3 cm³/mol. The maximum absolute atomic E-state index is 11.4. The van der Waals surface area contributed by atoms with E-state index in [9.17, 15) is 9.59 Å². The Morgan fingerprint density at radius 1 is 1.16 bits per heavy atom. The number of hydrogen-bond acceptors (Lipinski definition) is 4. The van der Waals surface area contributed by atoms with Gasteiger partial charge in [-0.15, -0.1) is 22.7 Å². The summed E-state index contributed by atoms with van der Waals surface area (Å²) in [5.41, 5.74) is 0. The van der Waals surface area contributed by atoms with Crippen LogP contribution in [0.1, 0.15) is 17.7 Å². The molecule has 2 aromatic rings. The third-order valence-electron chi connectivity index (χ3n) is 2.45. The van der Waals surface area contributed by atoms with E-state index >= 15 is 0 Å². The van der Waals surface area contributed by atoms with Gasteiger partial charge in [0.15, 0.2) is 0 Å². The number of amides is 1. The van der Waals surface area contributed by atoms with E-state index in [1.165, 1.54) is 9.75 Å². The Balaban J connectivity index is 1.84. The maximum atomic E-state index is 11.4. The second-order valence-corrected chi connectivity index (χ2v) is 6.03. The molecule has 0 fully saturated rings. The summed E-state index contributed by atoms with van der Waals surface area (Å²) in [6, 6.07) is 8.09. The van der Waals surface area contributed by atoms with E-state index in [2.05, 4.69) is 11.4 Å². The van der Waals surface area contributed by atoms with Crippen LogP contribution in [0.25, 0.3) is 9.75 Å². The highest BCUT2D eigenvalue weighted by Gasteiger charge is 2.07. The summed E-state index contributed by atoms with van der Waals surface area (Å²) >= 11 is 3.32. The zero-order valence-electron chi connectivity index (χ0n) is 10.1. The van der Waals surface area contributed by atoms with Crippen molar-refractivity contribution < 1.29 is 14.7 Å². The van der Waals surface area contributed by atoms with Gasteiger partial charge in [-0.3, -0.25) is 9.59 Å². The molecule has 2 rings (SSSR count). The SMILES string of the molecule is O=C(O)CCC(=O)NCc1ccc(-c2cccs2)s1. The molecule has 0 saturated carbocycles. The number of carboxylic acid groups (broad SMARTS) is 1. The Kier molecular flexibility index (Phi) is 4.70. The lowest BCUT2D eigenvalue weighted by molar-refractivity contribution is -0.138. The molecule has 6 heteroatoms. The first-order valence-corrected chi connectivity index (χ1v) is 7.46. The van der Waals surface area contributed by atoms with Crippen molar-refractivity contribution in [1.82, 2.24) is 5.32 Å². The minimum atomic E-state index is -0.953. The van der Waals surface area contributed by atoms with Crippen molar-refractivity contribution in [1.29, 1.82) is 0 Å². The van der Waals surface area contributed by atoms with Crippen LogP contribution >= 0.6 is 22.7 Å². The third kappa shape index (κ3) is 4.18. The molecule has 0 unspecified atom stereocenters. The Hall–Kier alpha value is -1.66. The topological polar surface area (TPSA) is 66.4 Å². The molecule has 1 amide bonds. The molecule has 0 aliphatic carbocycles. The zero-order chi connectivity index (χ0) is 13.7. The molecule has 0 aromatic carbocycles. The Morgan fingerprint density at radius 3 is 2.68 bits per heavy atom. The Bertz CT molecular complexity index is 560. The van der Waals surface area contributed by atoms with Gasteiger partial charge in [0.2, 0.25) is 5.91 Å². The molecule has 19 heavy (non-hydrogen) atoms. The molecule has 2 N–H and O–H groups in total. The molecule has 100 valence electrons. The van der Waals surface area contributed by atoms with Crippen molar-refractivity contribution in [3.8, 4) is 9.75 Å². The normalized spacial score (nSPS) is 10.3. The van der Waals surface area contributed by atoms with Gasteiger partial charge in [-0.25, -0.2) is 0 Å². The average molecular weight is 295 g/mol. The van der Waals surface area contributed by atoms with Gasteiger partial charge in [-0.1, -0.05) is 6.07 Å². The van der Waals surface area contributed by atoms with Crippen LogP contribution in [-0.2, 0) is 16.1 Å². The van der Waals surface area contributed by atoms with Crippen LogP contribution in [0, 0.1) is 0 Å². The molecule has 2 aromatic heterocycles. The van der Waals surface area contributed by atoms with E-state index in [1.54, 1.807) is 22.7 Å². The van der Waals surface area contributed by atoms with E-state index in [4.69, 9.17) is 5.11 Å². The van der Waals surface area contributed by atoms with Crippen LogP contribution in [0.4, 0.5) is 0 Å². The summed E-state index contributed by atoms with van der Waals surface area (Å²) in [6.45, 7) is 0.453. The molecule has 0 radical (unpaired) electrons. The first-order valence-electron chi connectivity index (χ1n) is 5.76. The second-order valence-electron chi connectivity index (χ2n) is 3.91. The molecule has 0 bridgehead atoms. The highest BCUT2D eigenvalue weighted by molar-refractivity contribution is 7.21. The summed E-state index contributed by atoms with van der Waals surface area (Å²) in [5.74, 6) is -1.18. The highest BCUT2D eigenvalue weighted by atomic mass is 32.1. The number of aliphatic carboxylic acids is 1. The van der Waals surface area contributed by atoms with Crippen LogP contribution in [0.5, 0.6) is 0 Å². The van der Waals surface area contributed by atoms with Crippen molar-refractivity contribution in [3.05, 3.63) is 34.5 Å². The van der Waals surface area contributed by atoms with E-state index < -0.39 is 5.97 Å². The molecule has 0 atom stereocenters. The quantitative estimate of drug-likeness (QED) is 0.861. The van der Waals surface area contributed by atoms with Gasteiger partial charge < -0.3 is 10.4 Å². The zero-order valence-corrected chi connectivity index (χ0v) is 11.7. The fourth-order valence-corrected chi connectivity index (χ4v) is 3.30. The Morgan fingerprint density at radius 2 is 2.00 bits per heavy atom. The molecular formula is C13H13NO3S2. The molecule has 0 spiro atoms. The van der Waals surface area contributed by atoms with Crippen LogP contribution < -0.4 is 5.32 Å². The minimum absolute atomic E-state index is 0.0263. The number of carboxylic acids is 1. The summed E-state index contributed by atoms with van der Waals surface area (Å²) in [6.07, 6.45) is -0.102. The third-order valence-corrected chi connectivity index (χ3v) is 4.60. The lowest BCUT2D eigenvalue weighted by Gasteiger charge is -2.01. The van der Waals surface area contributed by atoms with Crippen molar-refractivity contribution in [3.63, 3.8) is 0 Å². The van der Waals surface area contributed by atoms with Crippen LogP contribution in [0.2, 0.25) is 0 Å². The molecule has 0 saturated heterocycles. The van der Waals surface area contributed by atoms with Gasteiger partial charge >= 0.3 is 5.97 Å². The minimum Gasteiger partial charge on any atom is -0.481 e.